The van der Waals surface area contributed by atoms with Gasteiger partial charge in [-0.05, 0) is 149 Å². The number of rotatable bonds is 1. The second kappa shape index (κ2) is 9.62. The fourth-order valence-electron chi connectivity index (χ4n) is 13.3. The predicted molar refractivity (Wildman–Crippen MR) is 170 cm³/mol. The van der Waals surface area contributed by atoms with Crippen LogP contribution in [0.4, 0.5) is 0 Å². The monoisotopic (exact) mass is 572 g/mol. The molecule has 8 aliphatic rings. The molecular formula is C38H56N2O2. The molecule has 0 aliphatic heterocycles. The maximum Gasteiger partial charge on any atom is 0.0577 e. The standard InChI is InChI=1S/C38H56N2O2/c1-35-17-13-25(41)21-23(35)5-7-27-29-9-11-33(37(29,3)19-15-31(27)35)39-40-34-12-10-30-28-8-6-24-22-26(42)14-18-36(24,2)32(28)16-20-38(30,34)4/h5-6,25-32,41-42H,7-22H2,1-4H3/b39-33-,40-34-/t25-,26-,27-,28+,29-,30+,31+,32+,35+,36+,37+,38+/m1/s1. The summed E-state index contributed by atoms with van der Waals surface area (Å²) < 4.78 is 0. The number of aliphatic hydroxyl groups is 2. The van der Waals surface area contributed by atoms with E-state index in [1.807, 2.05) is 0 Å². The van der Waals surface area contributed by atoms with Crippen molar-refractivity contribution in [3.05, 3.63) is 23.3 Å². The van der Waals surface area contributed by atoms with Gasteiger partial charge in [0, 0.05) is 22.3 Å². The molecule has 0 aromatic heterocycles. The molecular weight excluding hydrogens is 516 g/mol. The van der Waals surface area contributed by atoms with Crippen LogP contribution >= 0.6 is 0 Å². The highest BCUT2D eigenvalue weighted by Gasteiger charge is 2.59. The van der Waals surface area contributed by atoms with Crippen molar-refractivity contribution >= 4 is 11.4 Å². The topological polar surface area (TPSA) is 65.2 Å². The van der Waals surface area contributed by atoms with Gasteiger partial charge in [0.05, 0.1) is 12.2 Å². The van der Waals surface area contributed by atoms with Crippen LogP contribution in [-0.2, 0) is 0 Å². The van der Waals surface area contributed by atoms with E-state index in [0.717, 1.165) is 74.0 Å². The third-order valence-electron chi connectivity index (χ3n) is 15.9. The van der Waals surface area contributed by atoms with Gasteiger partial charge >= 0.3 is 0 Å². The number of hydrogen-bond donors (Lipinski definition) is 2. The van der Waals surface area contributed by atoms with Crippen LogP contribution in [0.25, 0.3) is 0 Å². The van der Waals surface area contributed by atoms with Crippen LogP contribution in [0.3, 0.4) is 0 Å². The molecule has 0 radical (unpaired) electrons. The number of fused-ring (bicyclic) bond motifs is 10. The van der Waals surface area contributed by atoms with Gasteiger partial charge in [-0.3, -0.25) is 0 Å². The van der Waals surface area contributed by atoms with Crippen molar-refractivity contribution in [3.8, 4) is 0 Å². The Balaban J connectivity index is 1.03. The Labute approximate surface area is 254 Å². The van der Waals surface area contributed by atoms with E-state index in [0.29, 0.717) is 10.8 Å². The molecule has 0 aromatic rings. The SMILES string of the molecule is C[C@]12CC[C@@H](O)CC1=CC[C@@H]1[C@H]3CC/C(=N/N=C4/CC[C@H]5[C@@H]6CC=C7C[C@H](O)CC[C@]7(C)[C@H]6CC[C@]45C)[C@@]3(C)CC[C@@H]12. The van der Waals surface area contributed by atoms with Crippen molar-refractivity contribution in [3.63, 3.8) is 0 Å². The van der Waals surface area contributed by atoms with E-state index in [4.69, 9.17) is 10.2 Å². The average molecular weight is 573 g/mol. The van der Waals surface area contributed by atoms with Gasteiger partial charge in [-0.1, -0.05) is 51.0 Å². The molecule has 230 valence electrons. The van der Waals surface area contributed by atoms with Crippen molar-refractivity contribution in [2.24, 2.45) is 67.4 Å². The molecule has 8 aliphatic carbocycles. The van der Waals surface area contributed by atoms with Crippen LogP contribution in [-0.4, -0.2) is 33.8 Å². The first-order valence-electron chi connectivity index (χ1n) is 18.0. The van der Waals surface area contributed by atoms with Crippen molar-refractivity contribution in [1.29, 1.82) is 0 Å². The molecule has 12 atom stereocenters. The van der Waals surface area contributed by atoms with Crippen molar-refractivity contribution in [1.82, 2.24) is 0 Å². The minimum Gasteiger partial charge on any atom is -0.393 e. The second-order valence-electron chi connectivity index (χ2n) is 17.4. The van der Waals surface area contributed by atoms with E-state index in [2.05, 4.69) is 39.8 Å². The summed E-state index contributed by atoms with van der Waals surface area (Å²) in [6, 6.07) is 0. The highest BCUT2D eigenvalue weighted by atomic mass is 16.3. The lowest BCUT2D eigenvalue weighted by Gasteiger charge is -2.57. The number of aliphatic hydroxyl groups excluding tert-OH is 2. The minimum atomic E-state index is -0.123. The molecule has 4 heteroatoms. The van der Waals surface area contributed by atoms with Gasteiger partial charge in [-0.2, -0.15) is 10.2 Å². The van der Waals surface area contributed by atoms with Gasteiger partial charge in [0.25, 0.3) is 0 Å². The van der Waals surface area contributed by atoms with Crippen LogP contribution in [0.5, 0.6) is 0 Å². The highest BCUT2D eigenvalue weighted by Crippen LogP contribution is 2.66. The molecule has 0 unspecified atom stereocenters. The Morgan fingerprint density at radius 1 is 0.548 bits per heavy atom. The Kier molecular flexibility index (Phi) is 6.47. The normalized spacial score (nSPS) is 55.1. The molecule has 0 bridgehead atoms. The molecule has 6 saturated carbocycles. The third-order valence-corrected chi connectivity index (χ3v) is 15.9. The zero-order chi connectivity index (χ0) is 29.1. The average Bonchev–Trinajstić information content (AvgIpc) is 3.48. The van der Waals surface area contributed by atoms with Crippen LogP contribution in [0.15, 0.2) is 33.5 Å². The fourth-order valence-corrected chi connectivity index (χ4v) is 13.3. The smallest absolute Gasteiger partial charge is 0.0577 e. The maximum absolute atomic E-state index is 10.4. The summed E-state index contributed by atoms with van der Waals surface area (Å²) in [5.41, 5.74) is 7.00. The van der Waals surface area contributed by atoms with Crippen LogP contribution in [0.1, 0.15) is 130 Å². The number of hydrogen-bond acceptors (Lipinski definition) is 4. The Hall–Kier alpha value is -1.26. The predicted octanol–water partition coefficient (Wildman–Crippen LogP) is 8.43. The number of allylic oxidation sites excluding steroid dienone is 2. The Bertz CT molecular complexity index is 1170. The zero-order valence-corrected chi connectivity index (χ0v) is 26.9. The Morgan fingerprint density at radius 2 is 0.929 bits per heavy atom. The zero-order valence-electron chi connectivity index (χ0n) is 26.9. The first-order chi connectivity index (χ1) is 20.1. The van der Waals surface area contributed by atoms with Crippen molar-refractivity contribution in [2.75, 3.05) is 0 Å². The quantitative estimate of drug-likeness (QED) is 0.245. The molecule has 0 saturated heterocycles. The molecule has 0 aromatic carbocycles. The van der Waals surface area contributed by atoms with E-state index in [-0.39, 0.29) is 23.0 Å². The summed E-state index contributed by atoms with van der Waals surface area (Å²) in [7, 11) is 0. The third kappa shape index (κ3) is 3.85. The summed E-state index contributed by atoms with van der Waals surface area (Å²) in [5.74, 6) is 4.55. The maximum atomic E-state index is 10.4. The van der Waals surface area contributed by atoms with Gasteiger partial charge in [0.15, 0.2) is 0 Å². The van der Waals surface area contributed by atoms with Gasteiger partial charge in [0.1, 0.15) is 0 Å². The van der Waals surface area contributed by atoms with Crippen molar-refractivity contribution in [2.45, 2.75) is 143 Å². The molecule has 4 nitrogen and oxygen atoms in total. The van der Waals surface area contributed by atoms with Crippen molar-refractivity contribution < 1.29 is 10.2 Å². The molecule has 0 spiro atoms. The molecule has 6 fully saturated rings. The lowest BCUT2D eigenvalue weighted by Crippen LogP contribution is -2.50. The van der Waals surface area contributed by atoms with Gasteiger partial charge in [-0.15, -0.1) is 0 Å². The van der Waals surface area contributed by atoms with Gasteiger partial charge < -0.3 is 10.2 Å². The summed E-state index contributed by atoms with van der Waals surface area (Å²) in [5, 5.41) is 31.2. The van der Waals surface area contributed by atoms with E-state index >= 15 is 0 Å². The van der Waals surface area contributed by atoms with E-state index in [9.17, 15) is 10.2 Å². The first kappa shape index (κ1) is 28.2. The number of nitrogens with zero attached hydrogens (tertiary/aromatic N) is 2. The summed E-state index contributed by atoms with van der Waals surface area (Å²) in [4.78, 5) is 0. The second-order valence-corrected chi connectivity index (χ2v) is 17.4. The molecule has 2 N–H and O–H groups in total. The fraction of sp³-hybridized carbons (Fsp3) is 0.842. The molecule has 0 heterocycles. The van der Waals surface area contributed by atoms with E-state index in [1.165, 1.54) is 75.6 Å². The first-order valence-corrected chi connectivity index (χ1v) is 18.0. The van der Waals surface area contributed by atoms with Crippen LogP contribution < -0.4 is 0 Å². The van der Waals surface area contributed by atoms with E-state index in [1.54, 1.807) is 11.1 Å². The molecule has 42 heavy (non-hydrogen) atoms. The van der Waals surface area contributed by atoms with Crippen LogP contribution in [0.2, 0.25) is 0 Å². The van der Waals surface area contributed by atoms with Gasteiger partial charge in [0.2, 0.25) is 0 Å². The molecule has 8 rings (SSSR count). The lowest BCUT2D eigenvalue weighted by molar-refractivity contribution is -0.0212. The van der Waals surface area contributed by atoms with Gasteiger partial charge in [-0.25, -0.2) is 0 Å². The minimum absolute atomic E-state index is 0.123. The summed E-state index contributed by atoms with van der Waals surface area (Å²) >= 11 is 0. The Morgan fingerprint density at radius 3 is 1.36 bits per heavy atom. The van der Waals surface area contributed by atoms with E-state index < -0.39 is 0 Å². The molecule has 0 amide bonds. The van der Waals surface area contributed by atoms with Crippen LogP contribution in [0, 0.1) is 57.2 Å². The summed E-state index contributed by atoms with van der Waals surface area (Å²) in [6.07, 6.45) is 23.4. The summed E-state index contributed by atoms with van der Waals surface area (Å²) in [6.45, 7) is 10.2. The largest absolute Gasteiger partial charge is 0.393 e. The highest BCUT2D eigenvalue weighted by molar-refractivity contribution is 5.95. The lowest BCUT2D eigenvalue weighted by atomic mass is 9.48.